The Labute approximate surface area is 85.5 Å². The smallest absolute Gasteiger partial charge is 0.417 e. The second-order valence-corrected chi connectivity index (χ2v) is 2.90. The maximum absolute atomic E-state index is 10.5. The van der Waals surface area contributed by atoms with Crippen LogP contribution in [0.5, 0.6) is 0 Å². The van der Waals surface area contributed by atoms with E-state index in [2.05, 4.69) is 0 Å². The highest BCUT2D eigenvalue weighted by atomic mass is 16.4. The van der Waals surface area contributed by atoms with Crippen molar-refractivity contribution in [2.24, 2.45) is 0 Å². The first-order chi connectivity index (χ1) is 7.00. The average Bonchev–Trinajstić information content (AvgIpc) is 2.13. The van der Waals surface area contributed by atoms with Crippen molar-refractivity contribution in [3.63, 3.8) is 0 Å². The largest absolute Gasteiger partial charge is 0.465 e. The van der Waals surface area contributed by atoms with Crippen LogP contribution in [0.15, 0.2) is 24.3 Å². The number of nitrogens with two attached hydrogens (primary N) is 1. The van der Waals surface area contributed by atoms with Crippen molar-refractivity contribution in [1.29, 1.82) is 0 Å². The number of amides is 2. The molecule has 0 radical (unpaired) electrons. The van der Waals surface area contributed by atoms with Gasteiger partial charge in [-0.1, -0.05) is 12.1 Å². The van der Waals surface area contributed by atoms with Crippen LogP contribution in [-0.4, -0.2) is 27.3 Å². The molecule has 0 saturated carbocycles. The summed E-state index contributed by atoms with van der Waals surface area (Å²) < 4.78 is 0. The lowest BCUT2D eigenvalue weighted by atomic mass is 10.2. The lowest BCUT2D eigenvalue weighted by Gasteiger charge is -2.13. The van der Waals surface area contributed by atoms with E-state index in [9.17, 15) is 9.59 Å². The molecule has 15 heavy (non-hydrogen) atoms. The Balaban J connectivity index is 2.83. The van der Waals surface area contributed by atoms with Gasteiger partial charge in [-0.2, -0.15) is 0 Å². The van der Waals surface area contributed by atoms with Crippen molar-refractivity contribution in [1.82, 2.24) is 4.90 Å². The van der Waals surface area contributed by atoms with Crippen molar-refractivity contribution in [3.8, 4) is 0 Å². The first kappa shape index (κ1) is 10.8. The molecule has 0 aromatic heterocycles. The molecule has 0 saturated heterocycles. The first-order valence-electron chi connectivity index (χ1n) is 4.08. The van der Waals surface area contributed by atoms with Crippen LogP contribution < -0.4 is 5.73 Å². The molecule has 0 unspecified atom stereocenters. The number of carbonyl (C=O) groups is 2. The van der Waals surface area contributed by atoms with Gasteiger partial charge in [-0.15, -0.1) is 0 Å². The quantitative estimate of drug-likeness (QED) is 0.640. The highest BCUT2D eigenvalue weighted by Gasteiger charge is 2.19. The molecule has 0 bridgehead atoms. The SMILES string of the molecule is Nc1cccc(CN(C(=O)O)C(=O)O)c1. The van der Waals surface area contributed by atoms with Crippen LogP contribution in [-0.2, 0) is 6.54 Å². The Morgan fingerprint density at radius 2 is 1.87 bits per heavy atom. The summed E-state index contributed by atoms with van der Waals surface area (Å²) in [4.78, 5) is 21.4. The van der Waals surface area contributed by atoms with E-state index in [1.54, 1.807) is 18.2 Å². The van der Waals surface area contributed by atoms with Crippen molar-refractivity contribution >= 4 is 17.9 Å². The maximum atomic E-state index is 10.5. The minimum absolute atomic E-state index is 0.226. The predicted molar refractivity (Wildman–Crippen MR) is 52.4 cm³/mol. The highest BCUT2D eigenvalue weighted by Crippen LogP contribution is 2.09. The van der Waals surface area contributed by atoms with Gasteiger partial charge in [0.25, 0.3) is 0 Å². The number of benzene rings is 1. The van der Waals surface area contributed by atoms with Gasteiger partial charge in [-0.25, -0.2) is 14.5 Å². The minimum atomic E-state index is -1.51. The maximum Gasteiger partial charge on any atom is 0.417 e. The fourth-order valence-corrected chi connectivity index (χ4v) is 1.09. The molecule has 1 rings (SSSR count). The Kier molecular flexibility index (Phi) is 3.12. The van der Waals surface area contributed by atoms with Gasteiger partial charge in [0.05, 0.1) is 6.54 Å². The summed E-state index contributed by atoms with van der Waals surface area (Å²) in [6.45, 7) is -0.226. The Morgan fingerprint density at radius 3 is 2.33 bits per heavy atom. The first-order valence-corrected chi connectivity index (χ1v) is 4.08. The van der Waals surface area contributed by atoms with Crippen LogP contribution in [0.2, 0.25) is 0 Å². The fraction of sp³-hybridized carbons (Fsp3) is 0.111. The molecule has 0 atom stereocenters. The van der Waals surface area contributed by atoms with E-state index in [0.717, 1.165) is 0 Å². The van der Waals surface area contributed by atoms with Crippen LogP contribution in [0.4, 0.5) is 15.3 Å². The molecule has 0 aliphatic carbocycles. The lowest BCUT2D eigenvalue weighted by Crippen LogP contribution is -2.33. The summed E-state index contributed by atoms with van der Waals surface area (Å²) in [5, 5.41) is 17.2. The zero-order valence-electron chi connectivity index (χ0n) is 7.75. The molecule has 6 nitrogen and oxygen atoms in total. The van der Waals surface area contributed by atoms with Crippen LogP contribution in [0, 0.1) is 0 Å². The summed E-state index contributed by atoms with van der Waals surface area (Å²) in [6, 6.07) is 6.40. The molecule has 0 aliphatic rings. The van der Waals surface area contributed by atoms with Gasteiger partial charge in [0.2, 0.25) is 0 Å². The van der Waals surface area contributed by atoms with Gasteiger partial charge >= 0.3 is 12.2 Å². The predicted octanol–water partition coefficient (Wildman–Crippen LogP) is 1.43. The standard InChI is InChI=1S/C9H10N2O4/c10-7-3-1-2-6(4-7)5-11(8(12)13)9(14)15/h1-4H,5,10H2,(H,12,13)(H,14,15). The van der Waals surface area contributed by atoms with E-state index in [-0.39, 0.29) is 11.4 Å². The van der Waals surface area contributed by atoms with Crippen LogP contribution >= 0.6 is 0 Å². The topological polar surface area (TPSA) is 104 Å². The number of anilines is 1. The molecular formula is C9H10N2O4. The normalized spacial score (nSPS) is 9.60. The number of carboxylic acid groups (broad SMARTS) is 2. The highest BCUT2D eigenvalue weighted by molar-refractivity contribution is 5.85. The number of nitrogens with zero attached hydrogens (tertiary/aromatic N) is 1. The summed E-state index contributed by atoms with van der Waals surface area (Å²) in [5.41, 5.74) is 6.46. The summed E-state index contributed by atoms with van der Waals surface area (Å²) in [7, 11) is 0. The van der Waals surface area contributed by atoms with E-state index >= 15 is 0 Å². The lowest BCUT2D eigenvalue weighted by molar-refractivity contribution is 0.120. The molecule has 1 aromatic rings. The molecule has 0 aliphatic heterocycles. The fourth-order valence-electron chi connectivity index (χ4n) is 1.09. The van der Waals surface area contributed by atoms with Gasteiger partial charge in [0.15, 0.2) is 0 Å². The summed E-state index contributed by atoms with van der Waals surface area (Å²) >= 11 is 0. The van der Waals surface area contributed by atoms with Crippen molar-refractivity contribution in [2.45, 2.75) is 6.54 Å². The third kappa shape index (κ3) is 2.87. The third-order valence-electron chi connectivity index (χ3n) is 1.75. The van der Waals surface area contributed by atoms with Gasteiger partial charge in [0.1, 0.15) is 0 Å². The van der Waals surface area contributed by atoms with Gasteiger partial charge < -0.3 is 15.9 Å². The number of nitrogen functional groups attached to an aromatic ring is 1. The van der Waals surface area contributed by atoms with E-state index in [0.29, 0.717) is 11.3 Å². The summed E-state index contributed by atoms with van der Waals surface area (Å²) in [5.74, 6) is 0. The number of rotatable bonds is 2. The van der Waals surface area contributed by atoms with Gasteiger partial charge in [-0.3, -0.25) is 0 Å². The molecule has 6 heteroatoms. The van der Waals surface area contributed by atoms with Crippen molar-refractivity contribution < 1.29 is 19.8 Å². The van der Waals surface area contributed by atoms with Crippen molar-refractivity contribution in [2.75, 3.05) is 5.73 Å². The van der Waals surface area contributed by atoms with Crippen LogP contribution in [0.25, 0.3) is 0 Å². The van der Waals surface area contributed by atoms with E-state index in [1.807, 2.05) is 0 Å². The van der Waals surface area contributed by atoms with Crippen LogP contribution in [0.1, 0.15) is 5.56 Å². The molecule has 0 fully saturated rings. The zero-order chi connectivity index (χ0) is 11.4. The van der Waals surface area contributed by atoms with E-state index in [1.165, 1.54) is 6.07 Å². The minimum Gasteiger partial charge on any atom is -0.465 e. The second-order valence-electron chi connectivity index (χ2n) is 2.90. The Morgan fingerprint density at radius 1 is 1.27 bits per heavy atom. The second kappa shape index (κ2) is 4.32. The number of imide groups is 1. The van der Waals surface area contributed by atoms with Crippen LogP contribution in [0.3, 0.4) is 0 Å². The Bertz CT molecular complexity index is 377. The average molecular weight is 210 g/mol. The molecule has 0 spiro atoms. The number of hydrogen-bond acceptors (Lipinski definition) is 3. The molecule has 4 N–H and O–H groups in total. The Hall–Kier alpha value is -2.24. The van der Waals surface area contributed by atoms with E-state index < -0.39 is 12.2 Å². The van der Waals surface area contributed by atoms with Crippen molar-refractivity contribution in [3.05, 3.63) is 29.8 Å². The zero-order valence-corrected chi connectivity index (χ0v) is 7.75. The third-order valence-corrected chi connectivity index (χ3v) is 1.75. The van der Waals surface area contributed by atoms with Gasteiger partial charge in [0, 0.05) is 5.69 Å². The molecule has 1 aromatic carbocycles. The molecular weight excluding hydrogens is 200 g/mol. The van der Waals surface area contributed by atoms with E-state index in [4.69, 9.17) is 15.9 Å². The monoisotopic (exact) mass is 210 g/mol. The molecule has 0 heterocycles. The summed E-state index contributed by atoms with van der Waals surface area (Å²) in [6.07, 6.45) is -3.02. The molecule has 80 valence electrons. The van der Waals surface area contributed by atoms with Gasteiger partial charge in [-0.05, 0) is 17.7 Å². The number of hydrogen-bond donors (Lipinski definition) is 3. The molecule has 2 amide bonds.